The van der Waals surface area contributed by atoms with Crippen LogP contribution in [-0.4, -0.2) is 34.3 Å². The molecule has 0 aliphatic carbocycles. The first-order chi connectivity index (χ1) is 9.15. The highest BCUT2D eigenvalue weighted by Gasteiger charge is 2.53. The Morgan fingerprint density at radius 2 is 2.16 bits per heavy atom. The monoisotopic (exact) mass is 261 g/mol. The largest absolute Gasteiger partial charge is 0.394 e. The Morgan fingerprint density at radius 1 is 1.42 bits per heavy atom. The maximum absolute atomic E-state index is 12.2. The third-order valence-electron chi connectivity index (χ3n) is 4.19. The first-order valence-corrected chi connectivity index (χ1v) is 6.81. The number of aliphatic hydroxyl groups excluding tert-OH is 1. The van der Waals surface area contributed by atoms with Gasteiger partial charge in [-0.15, -0.1) is 0 Å². The Hall–Kier alpha value is -1.39. The molecule has 2 aliphatic heterocycles. The smallest absolute Gasteiger partial charge is 0.225 e. The molecule has 0 aromatic heterocycles. The molecule has 1 N–H and O–H groups in total. The zero-order valence-electron chi connectivity index (χ0n) is 11.1. The van der Waals surface area contributed by atoms with Crippen LogP contribution in [0.5, 0.6) is 0 Å². The van der Waals surface area contributed by atoms with E-state index >= 15 is 0 Å². The van der Waals surface area contributed by atoms with Gasteiger partial charge < -0.3 is 14.7 Å². The molecule has 1 aromatic carbocycles. The van der Waals surface area contributed by atoms with E-state index in [2.05, 4.69) is 0 Å². The van der Waals surface area contributed by atoms with Crippen LogP contribution in [0, 0.1) is 0 Å². The maximum atomic E-state index is 12.2. The van der Waals surface area contributed by atoms with E-state index in [1.54, 1.807) is 4.90 Å². The Bertz CT molecular complexity index is 476. The first-order valence-electron chi connectivity index (χ1n) is 6.81. The fourth-order valence-corrected chi connectivity index (χ4v) is 3.32. The molecule has 2 heterocycles. The summed E-state index contributed by atoms with van der Waals surface area (Å²) in [5.74, 6) is 0.0891. The van der Waals surface area contributed by atoms with Crippen molar-refractivity contribution in [1.29, 1.82) is 0 Å². The van der Waals surface area contributed by atoms with E-state index in [4.69, 9.17) is 4.74 Å². The first kappa shape index (κ1) is 12.6. The number of piperidine rings is 1. The number of hydrogen-bond donors (Lipinski definition) is 1. The molecule has 4 heteroatoms. The second-order valence-electron chi connectivity index (χ2n) is 5.49. The summed E-state index contributed by atoms with van der Waals surface area (Å²) < 4.78 is 6.16. The zero-order chi connectivity index (χ0) is 13.5. The van der Waals surface area contributed by atoms with E-state index in [1.807, 2.05) is 37.3 Å². The van der Waals surface area contributed by atoms with Gasteiger partial charge in [0.25, 0.3) is 0 Å². The molecule has 19 heavy (non-hydrogen) atoms. The number of fused-ring (bicyclic) bond motifs is 1. The number of hydrogen-bond acceptors (Lipinski definition) is 3. The minimum atomic E-state index is -0.566. The molecular weight excluding hydrogens is 242 g/mol. The molecule has 3 rings (SSSR count). The average molecular weight is 261 g/mol. The lowest BCUT2D eigenvalue weighted by Crippen LogP contribution is -2.53. The quantitative estimate of drug-likeness (QED) is 0.884. The van der Waals surface area contributed by atoms with Crippen LogP contribution >= 0.6 is 0 Å². The van der Waals surface area contributed by atoms with Crippen LogP contribution in [0.3, 0.4) is 0 Å². The summed E-state index contributed by atoms with van der Waals surface area (Å²) in [5.41, 5.74) is 0.452. The highest BCUT2D eigenvalue weighted by molar-refractivity contribution is 5.78. The summed E-state index contributed by atoms with van der Waals surface area (Å²) in [6, 6.07) is 9.55. The van der Waals surface area contributed by atoms with E-state index in [9.17, 15) is 9.90 Å². The molecule has 2 aliphatic rings. The maximum Gasteiger partial charge on any atom is 0.225 e. The topological polar surface area (TPSA) is 49.8 Å². The van der Waals surface area contributed by atoms with Gasteiger partial charge in [0, 0.05) is 6.42 Å². The van der Waals surface area contributed by atoms with Crippen LogP contribution in [0.4, 0.5) is 0 Å². The van der Waals surface area contributed by atoms with E-state index < -0.39 is 5.72 Å². The lowest BCUT2D eigenvalue weighted by atomic mass is 9.97. The van der Waals surface area contributed by atoms with Crippen molar-refractivity contribution in [2.75, 3.05) is 6.61 Å². The van der Waals surface area contributed by atoms with Gasteiger partial charge in [0.1, 0.15) is 11.8 Å². The van der Waals surface area contributed by atoms with Gasteiger partial charge in [-0.1, -0.05) is 30.3 Å². The summed E-state index contributed by atoms with van der Waals surface area (Å²) in [6.07, 6.45) is 2.00. The van der Waals surface area contributed by atoms with Crippen molar-refractivity contribution in [3.8, 4) is 0 Å². The predicted octanol–water partition coefficient (Wildman–Crippen LogP) is 1.85. The molecule has 0 unspecified atom stereocenters. The van der Waals surface area contributed by atoms with Crippen molar-refractivity contribution < 1.29 is 14.6 Å². The van der Waals surface area contributed by atoms with Gasteiger partial charge in [-0.2, -0.15) is 0 Å². The number of rotatable bonds is 2. The molecule has 102 valence electrons. The van der Waals surface area contributed by atoms with Crippen molar-refractivity contribution in [3.63, 3.8) is 0 Å². The molecule has 0 saturated carbocycles. The number of nitrogens with zero attached hydrogens (tertiary/aromatic N) is 1. The summed E-state index contributed by atoms with van der Waals surface area (Å²) in [7, 11) is 0. The van der Waals surface area contributed by atoms with Crippen molar-refractivity contribution in [1.82, 2.24) is 4.90 Å². The number of aliphatic hydroxyl groups is 1. The Kier molecular flexibility index (Phi) is 3.07. The molecule has 0 bridgehead atoms. The van der Waals surface area contributed by atoms with Gasteiger partial charge in [-0.05, 0) is 25.3 Å². The van der Waals surface area contributed by atoms with Crippen LogP contribution in [0.25, 0.3) is 0 Å². The molecule has 1 aromatic rings. The number of benzene rings is 1. The summed E-state index contributed by atoms with van der Waals surface area (Å²) in [5, 5.41) is 9.70. The minimum absolute atomic E-state index is 0.0686. The van der Waals surface area contributed by atoms with Crippen LogP contribution in [0.2, 0.25) is 0 Å². The van der Waals surface area contributed by atoms with E-state index in [-0.39, 0.29) is 24.7 Å². The van der Waals surface area contributed by atoms with Crippen molar-refractivity contribution in [2.24, 2.45) is 0 Å². The van der Waals surface area contributed by atoms with Gasteiger partial charge in [0.2, 0.25) is 5.91 Å². The standard InChI is InChI=1S/C15H19NO3/c1-15-9-5-8-13(18)16(15)12(10-17)14(19-15)11-6-3-2-4-7-11/h2-4,6-7,12,14,17H,5,8-10H2,1H3/t12-,14-,15+/m0/s1. The van der Waals surface area contributed by atoms with Gasteiger partial charge in [-0.3, -0.25) is 4.79 Å². The van der Waals surface area contributed by atoms with Crippen LogP contribution in [-0.2, 0) is 9.53 Å². The molecule has 4 nitrogen and oxygen atoms in total. The lowest BCUT2D eigenvalue weighted by molar-refractivity contribution is -0.159. The summed E-state index contributed by atoms with van der Waals surface area (Å²) >= 11 is 0. The van der Waals surface area contributed by atoms with E-state index in [1.165, 1.54) is 0 Å². The van der Waals surface area contributed by atoms with E-state index in [0.717, 1.165) is 18.4 Å². The van der Waals surface area contributed by atoms with Crippen LogP contribution in [0.15, 0.2) is 30.3 Å². The van der Waals surface area contributed by atoms with E-state index in [0.29, 0.717) is 6.42 Å². The summed E-state index contributed by atoms with van der Waals surface area (Å²) in [6.45, 7) is 1.89. The Balaban J connectivity index is 1.97. The average Bonchev–Trinajstić information content (AvgIpc) is 2.74. The van der Waals surface area contributed by atoms with Crippen molar-refractivity contribution in [2.45, 2.75) is 44.1 Å². The van der Waals surface area contributed by atoms with Gasteiger partial charge in [0.15, 0.2) is 0 Å². The minimum Gasteiger partial charge on any atom is -0.394 e. The van der Waals surface area contributed by atoms with Crippen molar-refractivity contribution >= 4 is 5.91 Å². The van der Waals surface area contributed by atoms with Crippen LogP contribution < -0.4 is 0 Å². The lowest BCUT2D eigenvalue weighted by Gasteiger charge is -2.39. The molecule has 2 saturated heterocycles. The Morgan fingerprint density at radius 3 is 2.84 bits per heavy atom. The number of ether oxygens (including phenoxy) is 1. The molecule has 0 radical (unpaired) electrons. The fraction of sp³-hybridized carbons (Fsp3) is 0.533. The molecule has 2 fully saturated rings. The molecule has 0 spiro atoms. The Labute approximate surface area is 113 Å². The molecule has 1 amide bonds. The van der Waals surface area contributed by atoms with Gasteiger partial charge >= 0.3 is 0 Å². The second-order valence-corrected chi connectivity index (χ2v) is 5.49. The summed E-state index contributed by atoms with van der Waals surface area (Å²) in [4.78, 5) is 13.9. The second kappa shape index (κ2) is 4.62. The van der Waals surface area contributed by atoms with Crippen molar-refractivity contribution in [3.05, 3.63) is 35.9 Å². The van der Waals surface area contributed by atoms with Gasteiger partial charge in [-0.25, -0.2) is 0 Å². The van der Waals surface area contributed by atoms with Crippen LogP contribution in [0.1, 0.15) is 37.9 Å². The number of carbonyl (C=O) groups excluding carboxylic acids is 1. The predicted molar refractivity (Wildman–Crippen MR) is 70.2 cm³/mol. The van der Waals surface area contributed by atoms with Gasteiger partial charge in [0.05, 0.1) is 12.6 Å². The third-order valence-corrected chi connectivity index (χ3v) is 4.19. The fourth-order valence-electron chi connectivity index (χ4n) is 3.32. The highest BCUT2D eigenvalue weighted by Crippen LogP contribution is 2.45. The highest BCUT2D eigenvalue weighted by atomic mass is 16.5. The SMILES string of the molecule is C[C@@]12CCCC(=O)N1[C@@H](CO)[C@H](c1ccccc1)O2. The zero-order valence-corrected chi connectivity index (χ0v) is 11.1. The molecular formula is C15H19NO3. The third kappa shape index (κ3) is 1.95. The normalized spacial score (nSPS) is 34.4. The number of amides is 1. The number of carbonyl (C=O) groups is 1. The molecule has 3 atom stereocenters.